The number of hydrogen-bond acceptors (Lipinski definition) is 3. The third kappa shape index (κ3) is 4.66. The molecule has 126 valence electrons. The van der Waals surface area contributed by atoms with E-state index in [-0.39, 0.29) is 17.4 Å². The lowest BCUT2D eigenvalue weighted by atomic mass is 9.79. The summed E-state index contributed by atoms with van der Waals surface area (Å²) in [7, 11) is -4.09. The van der Waals surface area contributed by atoms with Crippen LogP contribution in [0.25, 0.3) is 0 Å². The fraction of sp³-hybridized carbons (Fsp3) is 0.647. The summed E-state index contributed by atoms with van der Waals surface area (Å²) in [6.45, 7) is 14.2. The van der Waals surface area contributed by atoms with Gasteiger partial charge in [0.1, 0.15) is 0 Å². The Kier molecular flexibility index (Phi) is 5.68. The molecule has 0 spiro atoms. The highest BCUT2D eigenvalue weighted by Crippen LogP contribution is 2.55. The van der Waals surface area contributed by atoms with Crippen molar-refractivity contribution in [2.24, 2.45) is 0 Å². The highest BCUT2D eigenvalue weighted by atomic mass is 31.2. The topological polar surface area (TPSA) is 66.8 Å². The second-order valence-electron chi connectivity index (χ2n) is 7.70. The van der Waals surface area contributed by atoms with Gasteiger partial charge in [-0.2, -0.15) is 0 Å². The van der Waals surface area contributed by atoms with Crippen LogP contribution in [0, 0.1) is 0 Å². The fourth-order valence-corrected chi connectivity index (χ4v) is 3.15. The van der Waals surface area contributed by atoms with E-state index in [0.29, 0.717) is 5.56 Å². The Morgan fingerprint density at radius 3 is 1.77 bits per heavy atom. The standard InChI is InChI=1S/C17H29O4P/c1-8-21-22(19,20)15(18)12-9-13(16(2,3)4)11-14(10-12)17(5,6)7/h9-11,15,18H,8H2,1-7H3,(H,19,20). The minimum Gasteiger partial charge on any atom is -0.376 e. The van der Waals surface area contributed by atoms with Gasteiger partial charge >= 0.3 is 7.60 Å². The first kappa shape index (κ1) is 19.4. The number of aliphatic hydroxyl groups is 1. The molecule has 0 saturated heterocycles. The second-order valence-corrected chi connectivity index (χ2v) is 9.57. The molecule has 0 aromatic heterocycles. The lowest BCUT2D eigenvalue weighted by Gasteiger charge is -2.28. The maximum Gasteiger partial charge on any atom is 0.360 e. The van der Waals surface area contributed by atoms with E-state index >= 15 is 0 Å². The first-order chi connectivity index (χ1) is 9.79. The molecule has 0 bridgehead atoms. The molecule has 1 aromatic rings. The van der Waals surface area contributed by atoms with E-state index in [1.54, 1.807) is 19.1 Å². The molecule has 1 aromatic carbocycles. The van der Waals surface area contributed by atoms with Crippen LogP contribution in [0.1, 0.15) is 71.0 Å². The van der Waals surface area contributed by atoms with Crippen LogP contribution in [0.15, 0.2) is 18.2 Å². The Balaban J connectivity index is 3.45. The highest BCUT2D eigenvalue weighted by molar-refractivity contribution is 7.53. The van der Waals surface area contributed by atoms with Gasteiger partial charge in [0.25, 0.3) is 0 Å². The molecule has 0 radical (unpaired) electrons. The molecule has 5 heteroatoms. The summed E-state index contributed by atoms with van der Waals surface area (Å²) in [5.41, 5.74) is 2.22. The van der Waals surface area contributed by atoms with Gasteiger partial charge in [0.05, 0.1) is 6.61 Å². The van der Waals surface area contributed by atoms with E-state index in [1.807, 2.05) is 0 Å². The third-order valence-corrected chi connectivity index (χ3v) is 5.15. The molecular weight excluding hydrogens is 299 g/mol. The SMILES string of the molecule is CCOP(=O)(O)C(O)c1cc(C(C)(C)C)cc(C(C)(C)C)c1. The zero-order valence-electron chi connectivity index (χ0n) is 14.7. The molecule has 0 saturated carbocycles. The predicted molar refractivity (Wildman–Crippen MR) is 90.3 cm³/mol. The maximum atomic E-state index is 12.1. The molecule has 4 nitrogen and oxygen atoms in total. The Bertz CT molecular complexity index is 535. The number of benzene rings is 1. The van der Waals surface area contributed by atoms with Gasteiger partial charge < -0.3 is 14.5 Å². The second kappa shape index (κ2) is 6.45. The molecule has 2 unspecified atom stereocenters. The number of hydrogen-bond donors (Lipinski definition) is 2. The Morgan fingerprint density at radius 1 is 1.05 bits per heavy atom. The van der Waals surface area contributed by atoms with Gasteiger partial charge in [-0.05, 0) is 34.4 Å². The highest BCUT2D eigenvalue weighted by Gasteiger charge is 2.33. The normalized spacial score (nSPS) is 17.1. The third-order valence-electron chi connectivity index (χ3n) is 3.61. The van der Waals surface area contributed by atoms with Crippen LogP contribution >= 0.6 is 7.60 Å². The summed E-state index contributed by atoms with van der Waals surface area (Å²) < 4.78 is 17.0. The van der Waals surface area contributed by atoms with Gasteiger partial charge in [0.15, 0.2) is 5.85 Å². The molecule has 0 heterocycles. The summed E-state index contributed by atoms with van der Waals surface area (Å²) in [5, 5.41) is 10.3. The predicted octanol–water partition coefficient (Wildman–Crippen LogP) is 4.49. The van der Waals surface area contributed by atoms with Gasteiger partial charge in [0, 0.05) is 0 Å². The van der Waals surface area contributed by atoms with Gasteiger partial charge in [-0.25, -0.2) is 0 Å². The smallest absolute Gasteiger partial charge is 0.360 e. The van der Waals surface area contributed by atoms with E-state index in [1.165, 1.54) is 0 Å². The van der Waals surface area contributed by atoms with Crippen LogP contribution in [-0.4, -0.2) is 16.6 Å². The van der Waals surface area contributed by atoms with Crippen molar-refractivity contribution in [1.82, 2.24) is 0 Å². The minimum absolute atomic E-state index is 0.0793. The molecule has 0 fully saturated rings. The van der Waals surface area contributed by atoms with E-state index in [0.717, 1.165) is 11.1 Å². The van der Waals surface area contributed by atoms with Gasteiger partial charge in [-0.15, -0.1) is 0 Å². The van der Waals surface area contributed by atoms with Crippen molar-refractivity contribution in [3.8, 4) is 0 Å². The van der Waals surface area contributed by atoms with Crippen molar-refractivity contribution in [3.05, 3.63) is 34.9 Å². The van der Waals surface area contributed by atoms with Crippen molar-refractivity contribution in [2.75, 3.05) is 6.61 Å². The average molecular weight is 328 g/mol. The number of aliphatic hydroxyl groups excluding tert-OH is 1. The van der Waals surface area contributed by atoms with Crippen molar-refractivity contribution in [1.29, 1.82) is 0 Å². The van der Waals surface area contributed by atoms with Crippen LogP contribution in [0.4, 0.5) is 0 Å². The van der Waals surface area contributed by atoms with Crippen molar-refractivity contribution in [3.63, 3.8) is 0 Å². The van der Waals surface area contributed by atoms with Crippen molar-refractivity contribution < 1.29 is 19.1 Å². The molecule has 2 N–H and O–H groups in total. The van der Waals surface area contributed by atoms with Crippen LogP contribution < -0.4 is 0 Å². The summed E-state index contributed by atoms with van der Waals surface area (Å²) in [5.74, 6) is -1.53. The lowest BCUT2D eigenvalue weighted by molar-refractivity contribution is 0.177. The van der Waals surface area contributed by atoms with Crippen LogP contribution in [0.3, 0.4) is 0 Å². The van der Waals surface area contributed by atoms with Crippen LogP contribution in [0.2, 0.25) is 0 Å². The van der Waals surface area contributed by atoms with Gasteiger partial charge in [-0.1, -0.05) is 59.7 Å². The maximum absolute atomic E-state index is 12.1. The first-order valence-electron chi connectivity index (χ1n) is 7.60. The molecule has 1 rings (SSSR count). The fourth-order valence-electron chi connectivity index (χ4n) is 2.11. The summed E-state index contributed by atoms with van der Waals surface area (Å²) in [6.07, 6.45) is 0. The largest absolute Gasteiger partial charge is 0.376 e. The average Bonchev–Trinajstić information content (AvgIpc) is 2.35. The molecule has 0 aliphatic heterocycles. The minimum atomic E-state index is -4.09. The van der Waals surface area contributed by atoms with Crippen LogP contribution in [-0.2, 0) is 19.9 Å². The lowest BCUT2D eigenvalue weighted by Crippen LogP contribution is -2.18. The Hall–Kier alpha value is -0.670. The van der Waals surface area contributed by atoms with Crippen LogP contribution in [0.5, 0.6) is 0 Å². The van der Waals surface area contributed by atoms with Gasteiger partial charge in [-0.3, -0.25) is 4.57 Å². The number of rotatable bonds is 4. The summed E-state index contributed by atoms with van der Waals surface area (Å²) in [6, 6.07) is 5.68. The van der Waals surface area contributed by atoms with E-state index in [2.05, 4.69) is 47.6 Å². The monoisotopic (exact) mass is 328 g/mol. The molecule has 22 heavy (non-hydrogen) atoms. The first-order valence-corrected chi connectivity index (χ1v) is 9.24. The Labute approximate surface area is 134 Å². The van der Waals surface area contributed by atoms with Gasteiger partial charge in [0.2, 0.25) is 0 Å². The molecule has 0 aliphatic carbocycles. The van der Waals surface area contributed by atoms with Crippen molar-refractivity contribution >= 4 is 7.60 Å². The molecular formula is C17H29O4P. The Morgan fingerprint density at radius 2 is 1.45 bits per heavy atom. The van der Waals surface area contributed by atoms with E-state index < -0.39 is 13.4 Å². The van der Waals surface area contributed by atoms with E-state index in [4.69, 9.17) is 4.52 Å². The molecule has 0 amide bonds. The summed E-state index contributed by atoms with van der Waals surface area (Å²) >= 11 is 0. The van der Waals surface area contributed by atoms with E-state index in [9.17, 15) is 14.6 Å². The molecule has 0 aliphatic rings. The zero-order chi connectivity index (χ0) is 17.3. The quantitative estimate of drug-likeness (QED) is 0.799. The summed E-state index contributed by atoms with van der Waals surface area (Å²) in [4.78, 5) is 9.91. The van der Waals surface area contributed by atoms with Crippen molar-refractivity contribution in [2.45, 2.75) is 65.1 Å². The zero-order valence-corrected chi connectivity index (χ0v) is 15.6. The molecule has 2 atom stereocenters.